The standard InChI is InChI=1S/C36H60O7/c1-20-27(39)28(40)29(41)30(42-20)43-26-18-31(2,3)17-22-21-9-10-24-33(5)13-12-25(38)34(6,19-37)23(33)11-14-36(24,8)35(21,7)16-15-32(22,26)4/h9,20,22-30,37-41H,10-19H2,1-8H3. The first kappa shape index (κ1) is 32.4. The second kappa shape index (κ2) is 10.2. The van der Waals surface area contributed by atoms with Gasteiger partial charge in [0.1, 0.15) is 18.3 Å². The second-order valence-electron chi connectivity index (χ2n) is 17.9. The molecular weight excluding hydrogens is 544 g/mol. The van der Waals surface area contributed by atoms with Crippen molar-refractivity contribution in [1.82, 2.24) is 0 Å². The Balaban J connectivity index is 1.34. The summed E-state index contributed by atoms with van der Waals surface area (Å²) < 4.78 is 12.7. The van der Waals surface area contributed by atoms with E-state index in [4.69, 9.17) is 9.47 Å². The first-order valence-electron chi connectivity index (χ1n) is 17.2. The van der Waals surface area contributed by atoms with Crippen molar-refractivity contribution >= 4 is 0 Å². The van der Waals surface area contributed by atoms with Crippen molar-refractivity contribution in [1.29, 1.82) is 0 Å². The molecule has 5 aliphatic carbocycles. The van der Waals surface area contributed by atoms with Gasteiger partial charge in [0.15, 0.2) is 6.29 Å². The van der Waals surface area contributed by atoms with Crippen LogP contribution in [0, 0.1) is 50.2 Å². The molecule has 6 aliphatic rings. The third kappa shape index (κ3) is 4.38. The van der Waals surface area contributed by atoms with Gasteiger partial charge in [0.2, 0.25) is 0 Å². The summed E-state index contributed by atoms with van der Waals surface area (Å²) in [6.07, 6.45) is 5.69. The van der Waals surface area contributed by atoms with Crippen LogP contribution in [0.25, 0.3) is 0 Å². The molecule has 6 rings (SSSR count). The van der Waals surface area contributed by atoms with Crippen molar-refractivity contribution in [2.45, 2.75) is 156 Å². The Morgan fingerprint density at radius 1 is 0.814 bits per heavy atom. The lowest BCUT2D eigenvalue weighted by Gasteiger charge is -2.72. The first-order chi connectivity index (χ1) is 19.9. The Hall–Kier alpha value is -0.540. The molecule has 0 aromatic heterocycles. The van der Waals surface area contributed by atoms with E-state index in [1.807, 2.05) is 0 Å². The molecule has 0 bridgehead atoms. The molecule has 1 aliphatic heterocycles. The van der Waals surface area contributed by atoms with Gasteiger partial charge in [-0.15, -0.1) is 0 Å². The zero-order valence-electron chi connectivity index (χ0n) is 28.0. The quantitative estimate of drug-likeness (QED) is 0.289. The number of rotatable bonds is 3. The number of aliphatic hydroxyl groups excluding tert-OH is 5. The van der Waals surface area contributed by atoms with Gasteiger partial charge in [-0.3, -0.25) is 0 Å². The van der Waals surface area contributed by atoms with E-state index < -0.39 is 42.2 Å². The SMILES string of the molecule is CC1OC(OC2CC(C)(C)CC3C4=CCC5C6(C)CCC(O)C(C)(CO)C6CCC5(C)C4(C)CCC23C)C(O)C(O)C1O. The molecule has 246 valence electrons. The van der Waals surface area contributed by atoms with Crippen molar-refractivity contribution in [3.05, 3.63) is 11.6 Å². The highest BCUT2D eigenvalue weighted by atomic mass is 16.7. The van der Waals surface area contributed by atoms with Crippen LogP contribution in [-0.4, -0.2) is 75.1 Å². The molecule has 0 spiro atoms. The third-order valence-electron chi connectivity index (χ3n) is 15.3. The normalized spacial score (nSPS) is 57.9. The molecule has 0 aromatic rings. The largest absolute Gasteiger partial charge is 0.396 e. The zero-order chi connectivity index (χ0) is 31.5. The van der Waals surface area contributed by atoms with Crippen molar-refractivity contribution in [3.8, 4) is 0 Å². The molecule has 0 aromatic carbocycles. The van der Waals surface area contributed by atoms with E-state index in [1.54, 1.807) is 12.5 Å². The summed E-state index contributed by atoms with van der Waals surface area (Å²) in [7, 11) is 0. The van der Waals surface area contributed by atoms with Crippen LogP contribution in [0.2, 0.25) is 0 Å². The summed E-state index contributed by atoms with van der Waals surface area (Å²) in [5, 5.41) is 53.2. The Bertz CT molecular complexity index is 1120. The van der Waals surface area contributed by atoms with Crippen LogP contribution in [0.5, 0.6) is 0 Å². The molecule has 1 saturated heterocycles. The van der Waals surface area contributed by atoms with Gasteiger partial charge in [0.25, 0.3) is 0 Å². The van der Waals surface area contributed by atoms with E-state index in [9.17, 15) is 25.5 Å². The van der Waals surface area contributed by atoms with Crippen molar-refractivity contribution in [2.24, 2.45) is 50.2 Å². The van der Waals surface area contributed by atoms with Gasteiger partial charge in [-0.25, -0.2) is 0 Å². The molecular formula is C36H60O7. The summed E-state index contributed by atoms with van der Waals surface area (Å²) >= 11 is 0. The van der Waals surface area contributed by atoms with Gasteiger partial charge in [-0.05, 0) is 104 Å². The number of aliphatic hydroxyl groups is 5. The number of hydrogen-bond acceptors (Lipinski definition) is 7. The zero-order valence-corrected chi connectivity index (χ0v) is 28.0. The van der Waals surface area contributed by atoms with Gasteiger partial charge in [-0.2, -0.15) is 0 Å². The molecule has 7 heteroatoms. The fraction of sp³-hybridized carbons (Fsp3) is 0.944. The molecule has 7 nitrogen and oxygen atoms in total. The second-order valence-corrected chi connectivity index (χ2v) is 17.9. The summed E-state index contributed by atoms with van der Waals surface area (Å²) in [6.45, 7) is 18.5. The summed E-state index contributed by atoms with van der Waals surface area (Å²) in [4.78, 5) is 0. The lowest BCUT2D eigenvalue weighted by Crippen LogP contribution is -2.66. The molecule has 0 radical (unpaired) electrons. The number of hydrogen-bond donors (Lipinski definition) is 5. The smallest absolute Gasteiger partial charge is 0.186 e. The maximum atomic E-state index is 11.1. The van der Waals surface area contributed by atoms with Gasteiger partial charge in [-0.1, -0.05) is 60.1 Å². The predicted octanol–water partition coefficient (Wildman–Crippen LogP) is 4.96. The van der Waals surface area contributed by atoms with Crippen LogP contribution in [0.3, 0.4) is 0 Å². The molecule has 5 fully saturated rings. The number of allylic oxidation sites excluding steroid dienone is 2. The lowest BCUT2D eigenvalue weighted by molar-refractivity contribution is -0.323. The van der Waals surface area contributed by atoms with Crippen LogP contribution in [0.1, 0.15) is 113 Å². The van der Waals surface area contributed by atoms with Gasteiger partial charge in [0.05, 0.1) is 24.9 Å². The fourth-order valence-corrected chi connectivity index (χ4v) is 12.2. The maximum Gasteiger partial charge on any atom is 0.186 e. The summed E-state index contributed by atoms with van der Waals surface area (Å²) in [5.74, 6) is 1.15. The Morgan fingerprint density at radius 2 is 1.51 bits per heavy atom. The average molecular weight is 605 g/mol. The fourth-order valence-electron chi connectivity index (χ4n) is 12.2. The predicted molar refractivity (Wildman–Crippen MR) is 165 cm³/mol. The molecule has 43 heavy (non-hydrogen) atoms. The molecule has 0 amide bonds. The van der Waals surface area contributed by atoms with E-state index >= 15 is 0 Å². The summed E-state index contributed by atoms with van der Waals surface area (Å²) in [6, 6.07) is 0. The van der Waals surface area contributed by atoms with Crippen molar-refractivity contribution in [2.75, 3.05) is 6.61 Å². The molecule has 15 unspecified atom stereocenters. The number of fused-ring (bicyclic) bond motifs is 7. The lowest BCUT2D eigenvalue weighted by atomic mass is 9.33. The van der Waals surface area contributed by atoms with E-state index in [-0.39, 0.29) is 39.8 Å². The highest BCUT2D eigenvalue weighted by Gasteiger charge is 2.69. The van der Waals surface area contributed by atoms with Gasteiger partial charge in [0, 0.05) is 10.8 Å². The topological polar surface area (TPSA) is 120 Å². The average Bonchev–Trinajstić information content (AvgIpc) is 2.94. The van der Waals surface area contributed by atoms with E-state index in [2.05, 4.69) is 54.5 Å². The maximum absolute atomic E-state index is 11.1. The molecule has 15 atom stereocenters. The highest BCUT2D eigenvalue weighted by molar-refractivity contribution is 5.34. The van der Waals surface area contributed by atoms with Crippen molar-refractivity contribution in [3.63, 3.8) is 0 Å². The highest BCUT2D eigenvalue weighted by Crippen LogP contribution is 2.75. The van der Waals surface area contributed by atoms with Crippen LogP contribution < -0.4 is 0 Å². The minimum atomic E-state index is -1.30. The third-order valence-corrected chi connectivity index (χ3v) is 15.3. The van der Waals surface area contributed by atoms with Crippen LogP contribution in [-0.2, 0) is 9.47 Å². The van der Waals surface area contributed by atoms with Crippen LogP contribution >= 0.6 is 0 Å². The monoisotopic (exact) mass is 604 g/mol. The summed E-state index contributed by atoms with van der Waals surface area (Å²) in [5.41, 5.74) is 1.28. The molecule has 4 saturated carbocycles. The Morgan fingerprint density at radius 3 is 2.19 bits per heavy atom. The number of ether oxygens (including phenoxy) is 2. The van der Waals surface area contributed by atoms with E-state index in [1.165, 1.54) is 0 Å². The van der Waals surface area contributed by atoms with Gasteiger partial charge >= 0.3 is 0 Å². The van der Waals surface area contributed by atoms with Gasteiger partial charge < -0.3 is 35.0 Å². The molecule has 5 N–H and O–H groups in total. The van der Waals surface area contributed by atoms with Crippen LogP contribution in [0.4, 0.5) is 0 Å². The molecule has 1 heterocycles. The van der Waals surface area contributed by atoms with E-state index in [0.717, 1.165) is 57.8 Å². The Kier molecular flexibility index (Phi) is 7.71. The minimum absolute atomic E-state index is 0.0289. The minimum Gasteiger partial charge on any atom is -0.396 e. The van der Waals surface area contributed by atoms with E-state index in [0.29, 0.717) is 17.8 Å². The Labute approximate surface area is 259 Å². The van der Waals surface area contributed by atoms with Crippen molar-refractivity contribution < 1.29 is 35.0 Å². The first-order valence-corrected chi connectivity index (χ1v) is 17.2. The van der Waals surface area contributed by atoms with Crippen LogP contribution in [0.15, 0.2) is 11.6 Å².